The fourth-order valence-corrected chi connectivity index (χ4v) is 0. The Labute approximate surface area is 125 Å². The minimum absolute atomic E-state index is 0.250. The highest BCUT2D eigenvalue weighted by atomic mass is 32.2. The van der Waals surface area contributed by atoms with Gasteiger partial charge in [0.2, 0.25) is 0 Å². The first-order valence-corrected chi connectivity index (χ1v) is 9.77. The zero-order valence-corrected chi connectivity index (χ0v) is 15.8. The number of sulfone groups is 1. The lowest BCUT2D eigenvalue weighted by Gasteiger charge is -1.90. The summed E-state index contributed by atoms with van der Waals surface area (Å²) in [4.78, 5) is 2.00. The van der Waals surface area contributed by atoms with E-state index in [-0.39, 0.29) is 6.61 Å². The number of aliphatic hydroxyl groups excluding tert-OH is 1. The van der Waals surface area contributed by atoms with Crippen LogP contribution in [0.5, 0.6) is 0 Å². The van der Waals surface area contributed by atoms with E-state index in [4.69, 9.17) is 9.66 Å². The second-order valence-electron chi connectivity index (χ2n) is 4.17. The minimum atomic E-state index is -2.67. The van der Waals surface area contributed by atoms with Crippen LogP contribution in [0.3, 0.4) is 0 Å². The van der Waals surface area contributed by atoms with Crippen LogP contribution in [0, 0.1) is 0 Å². The summed E-state index contributed by atoms with van der Waals surface area (Å²) in [7, 11) is 3.92. The Morgan fingerprint density at radius 2 is 1.05 bits per heavy atom. The number of rotatable bonds is 0. The van der Waals surface area contributed by atoms with Gasteiger partial charge in [-0.1, -0.05) is 0 Å². The second-order valence-corrected chi connectivity index (χ2v) is 8.37. The van der Waals surface area contributed by atoms with Gasteiger partial charge in [-0.2, -0.15) is 0 Å². The first-order valence-electron chi connectivity index (χ1n) is 5.38. The van der Waals surface area contributed by atoms with Crippen molar-refractivity contribution in [1.29, 1.82) is 0 Å². The number of hydrogen-bond donors (Lipinski definition) is 2. The fraction of sp³-hybridized carbons (Fsp3) is 0.909. The van der Waals surface area contributed by atoms with Crippen LogP contribution >= 0.6 is 0 Å². The fourth-order valence-electron chi connectivity index (χ4n) is 0. The molecule has 0 heterocycles. The van der Waals surface area contributed by atoms with Gasteiger partial charge in [0.1, 0.15) is 9.84 Å². The lowest BCUT2D eigenvalue weighted by Crippen LogP contribution is -1.99. The molecule has 0 bridgehead atoms. The van der Waals surface area contributed by atoms with E-state index in [0.717, 1.165) is 18.8 Å². The quantitative estimate of drug-likeness (QED) is 0.594. The molecule has 1 atom stereocenters. The normalized spacial score (nSPS) is 11.8. The Bertz CT molecular complexity index is 285. The Hall–Kier alpha value is -0.190. The molecule has 2 N–H and O–H groups in total. The monoisotopic (exact) mass is 339 g/mol. The maximum atomic E-state index is 9.63. The Kier molecular flexibility index (Phi) is 33.7. The molecule has 0 spiro atoms. The molecule has 0 radical (unpaired) electrons. The third-order valence-electron chi connectivity index (χ3n) is 0. The van der Waals surface area contributed by atoms with Gasteiger partial charge in [-0.3, -0.25) is 0 Å². The molecule has 0 fully saturated rings. The molecule has 7 nitrogen and oxygen atoms in total. The molecular weight excluding hydrogens is 306 g/mol. The van der Waals surface area contributed by atoms with Crippen molar-refractivity contribution in [3.63, 3.8) is 0 Å². The van der Waals surface area contributed by atoms with Crippen molar-refractivity contribution in [2.75, 3.05) is 60.7 Å². The third kappa shape index (κ3) is 139000. The van der Waals surface area contributed by atoms with Gasteiger partial charge in [-0.15, -0.1) is 0 Å². The van der Waals surface area contributed by atoms with E-state index in [2.05, 4.69) is 10.6 Å². The van der Waals surface area contributed by atoms with E-state index in [1.54, 1.807) is 21.1 Å². The highest BCUT2D eigenvalue weighted by Gasteiger charge is 1.79. The maximum Gasteiger partial charge on any atom is 0.144 e. The molecule has 20 heavy (non-hydrogen) atoms. The first kappa shape index (κ1) is 32.0. The number of methoxy groups -OCH3 is 1. The molecule has 9 heteroatoms. The van der Waals surface area contributed by atoms with Gasteiger partial charge in [0.15, 0.2) is 0 Å². The summed E-state index contributed by atoms with van der Waals surface area (Å²) in [5, 5.41) is 7.57. The summed E-state index contributed by atoms with van der Waals surface area (Å²) in [5.41, 5.74) is 0. The van der Waals surface area contributed by atoms with Crippen LogP contribution in [-0.4, -0.2) is 93.8 Å². The zero-order chi connectivity index (χ0) is 18.0. The van der Waals surface area contributed by atoms with E-state index in [0.29, 0.717) is 0 Å². The molecular formula is C11H33NO6S2. The molecule has 0 saturated carbocycles. The van der Waals surface area contributed by atoms with E-state index < -0.39 is 19.6 Å². The van der Waals surface area contributed by atoms with Crippen molar-refractivity contribution in [2.24, 2.45) is 0 Å². The third-order valence-corrected chi connectivity index (χ3v) is 0. The van der Waals surface area contributed by atoms with Crippen molar-refractivity contribution >= 4 is 25.5 Å². The van der Waals surface area contributed by atoms with Crippen LogP contribution in [0.1, 0.15) is 6.92 Å². The second kappa shape index (κ2) is 21.1. The predicted molar refractivity (Wildman–Crippen MR) is 89.9 cm³/mol. The maximum absolute atomic E-state index is 9.63. The Balaban J connectivity index is -0.0000000478. The number of aliphatic hydroxyl groups is 1. The zero-order valence-electron chi connectivity index (χ0n) is 14.2. The van der Waals surface area contributed by atoms with Gasteiger partial charge >= 0.3 is 0 Å². The molecule has 0 saturated heterocycles. The summed E-state index contributed by atoms with van der Waals surface area (Å²) >= 11 is 0. The van der Waals surface area contributed by atoms with E-state index >= 15 is 0 Å². The van der Waals surface area contributed by atoms with Crippen molar-refractivity contribution in [2.45, 2.75) is 6.92 Å². The number of hydrogen-bond acceptors (Lipinski definition) is 6. The molecule has 0 aliphatic rings. The lowest BCUT2D eigenvalue weighted by molar-refractivity contribution is 0.277. The summed E-state index contributed by atoms with van der Waals surface area (Å²) in [6.07, 6.45) is 3.48. The van der Waals surface area contributed by atoms with E-state index in [1.807, 2.05) is 26.0 Å². The lowest BCUT2D eigenvalue weighted by atomic mass is 10.9. The van der Waals surface area contributed by atoms with Gasteiger partial charge in [-0.25, -0.2) is 12.6 Å². The molecule has 0 aliphatic heterocycles. The van der Waals surface area contributed by atoms with Crippen LogP contribution in [0.2, 0.25) is 0 Å². The molecule has 1 unspecified atom stereocenters. The van der Waals surface area contributed by atoms with Crippen molar-refractivity contribution < 1.29 is 27.0 Å². The van der Waals surface area contributed by atoms with Crippen LogP contribution in [-0.2, 0) is 24.4 Å². The summed E-state index contributed by atoms with van der Waals surface area (Å²) in [5.74, 6) is 2.85. The summed E-state index contributed by atoms with van der Waals surface area (Å²) < 4.78 is 41.1. The van der Waals surface area contributed by atoms with E-state index in [9.17, 15) is 12.6 Å². The van der Waals surface area contributed by atoms with Gasteiger partial charge in [0, 0.05) is 39.6 Å². The van der Waals surface area contributed by atoms with Crippen LogP contribution in [0.15, 0.2) is 0 Å². The Morgan fingerprint density at radius 1 is 1.05 bits per heavy atom. The minimum Gasteiger partial charge on any atom is -0.397 e. The molecule has 0 aromatic rings. The van der Waals surface area contributed by atoms with Gasteiger partial charge in [-0.05, 0) is 33.9 Å². The molecule has 0 aromatic heterocycles. The molecule has 0 aromatic carbocycles. The predicted octanol–water partition coefficient (Wildman–Crippen LogP) is -0.0946. The van der Waals surface area contributed by atoms with E-state index in [1.165, 1.54) is 0 Å². The Morgan fingerprint density at radius 3 is 1.05 bits per heavy atom. The van der Waals surface area contributed by atoms with Crippen molar-refractivity contribution in [1.82, 2.24) is 4.90 Å². The van der Waals surface area contributed by atoms with Crippen molar-refractivity contribution in [3.8, 4) is 0 Å². The first-order chi connectivity index (χ1) is 8.56. The average Bonchev–Trinajstić information content (AvgIpc) is 1.96. The summed E-state index contributed by atoms with van der Waals surface area (Å²) in [6.45, 7) is 1.93. The highest BCUT2D eigenvalue weighted by molar-refractivity contribution is 7.94. The van der Waals surface area contributed by atoms with Gasteiger partial charge in [0.25, 0.3) is 0 Å². The van der Waals surface area contributed by atoms with Crippen molar-refractivity contribution in [3.05, 3.63) is 0 Å². The largest absolute Gasteiger partial charge is 0.397 e. The summed E-state index contributed by atoms with van der Waals surface area (Å²) in [6, 6.07) is 0. The standard InChI is InChI=1S/C3H9N.2C2H6O2S.2C2H6O/c1-4(2)3;2*1-5(2,3)4;1-3-2;1-2-3/h1-3H3;1-2H3;1H2,2H3,(H,3,4);1-2H3;3H,2H2,1H3. The molecule has 0 rings (SSSR count). The van der Waals surface area contributed by atoms with Crippen LogP contribution in [0.4, 0.5) is 0 Å². The topological polar surface area (TPSA) is 104 Å². The van der Waals surface area contributed by atoms with Crippen LogP contribution < -0.4 is 0 Å². The number of nitrogens with zero attached hydrogens (tertiary/aromatic N) is 1. The van der Waals surface area contributed by atoms with Gasteiger partial charge < -0.3 is 19.3 Å². The highest BCUT2D eigenvalue weighted by Crippen LogP contribution is 1.62. The van der Waals surface area contributed by atoms with Crippen LogP contribution in [0.25, 0.3) is 0 Å². The van der Waals surface area contributed by atoms with Gasteiger partial charge in [0.05, 0.1) is 9.80 Å². The molecule has 0 amide bonds. The number of ether oxygens (including phenoxy) is 1. The smallest absolute Gasteiger partial charge is 0.144 e. The average molecular weight is 340 g/mol. The molecule has 0 aliphatic carbocycles. The SMILES string of the molecule is C=S(C)(=O)O.CCO.CN(C)C.COC.CS(C)(=O)=O. The molecule has 130 valence electrons.